The number of benzene rings is 1. The van der Waals surface area contributed by atoms with E-state index in [4.69, 9.17) is 4.74 Å². The van der Waals surface area contributed by atoms with Crippen LogP contribution < -0.4 is 10.3 Å². The maximum Gasteiger partial charge on any atom is 0.183 e. The van der Waals surface area contributed by atoms with E-state index >= 15 is 0 Å². The third-order valence-corrected chi connectivity index (χ3v) is 3.21. The molecule has 0 saturated carbocycles. The predicted molar refractivity (Wildman–Crippen MR) is 81.9 cm³/mol. The molecule has 21 heavy (non-hydrogen) atoms. The van der Waals surface area contributed by atoms with Crippen molar-refractivity contribution in [2.24, 2.45) is 5.10 Å². The topological polar surface area (TPSA) is 71.0 Å². The lowest BCUT2D eigenvalue weighted by Gasteiger charge is -2.30. The zero-order chi connectivity index (χ0) is 15.2. The summed E-state index contributed by atoms with van der Waals surface area (Å²) in [6.45, 7) is 5.63. The SMILES string of the molecule is CC(=O)C(=NNc1ccccc1N1CCOCC1)C(C)=O. The largest absolute Gasteiger partial charge is 0.378 e. The van der Waals surface area contributed by atoms with E-state index in [-0.39, 0.29) is 17.3 Å². The summed E-state index contributed by atoms with van der Waals surface area (Å²) >= 11 is 0. The van der Waals surface area contributed by atoms with Crippen molar-refractivity contribution < 1.29 is 14.3 Å². The molecule has 0 amide bonds. The Morgan fingerprint density at radius 2 is 1.76 bits per heavy atom. The average Bonchev–Trinajstić information content (AvgIpc) is 2.48. The number of anilines is 2. The van der Waals surface area contributed by atoms with Crippen molar-refractivity contribution in [1.29, 1.82) is 0 Å². The first-order valence-electron chi connectivity index (χ1n) is 6.87. The Morgan fingerprint density at radius 3 is 2.38 bits per heavy atom. The molecule has 0 unspecified atom stereocenters. The molecule has 2 rings (SSSR count). The highest BCUT2D eigenvalue weighted by Crippen LogP contribution is 2.26. The maximum atomic E-state index is 11.4. The Morgan fingerprint density at radius 1 is 1.14 bits per heavy atom. The van der Waals surface area contributed by atoms with E-state index in [1.807, 2.05) is 24.3 Å². The van der Waals surface area contributed by atoms with Crippen molar-refractivity contribution in [2.45, 2.75) is 13.8 Å². The third kappa shape index (κ3) is 3.88. The fourth-order valence-electron chi connectivity index (χ4n) is 2.17. The summed E-state index contributed by atoms with van der Waals surface area (Å²) in [6, 6.07) is 7.66. The molecule has 0 radical (unpaired) electrons. The summed E-state index contributed by atoms with van der Waals surface area (Å²) in [5, 5.41) is 3.96. The van der Waals surface area contributed by atoms with Crippen LogP contribution in [0, 0.1) is 0 Å². The van der Waals surface area contributed by atoms with Crippen molar-refractivity contribution in [3.63, 3.8) is 0 Å². The summed E-state index contributed by atoms with van der Waals surface area (Å²) in [7, 11) is 0. The Labute approximate surface area is 123 Å². The van der Waals surface area contributed by atoms with Gasteiger partial charge < -0.3 is 9.64 Å². The van der Waals surface area contributed by atoms with Crippen LogP contribution in [0.25, 0.3) is 0 Å². The number of hydrazone groups is 1. The van der Waals surface area contributed by atoms with Crippen molar-refractivity contribution >= 4 is 28.7 Å². The van der Waals surface area contributed by atoms with Gasteiger partial charge in [-0.2, -0.15) is 5.10 Å². The Balaban J connectivity index is 2.22. The highest BCUT2D eigenvalue weighted by Gasteiger charge is 2.15. The second-order valence-electron chi connectivity index (χ2n) is 4.80. The van der Waals surface area contributed by atoms with E-state index in [2.05, 4.69) is 15.4 Å². The highest BCUT2D eigenvalue weighted by molar-refractivity contribution is 6.65. The van der Waals surface area contributed by atoms with Crippen LogP contribution >= 0.6 is 0 Å². The molecule has 0 aliphatic carbocycles. The van der Waals surface area contributed by atoms with Gasteiger partial charge in [-0.15, -0.1) is 0 Å². The summed E-state index contributed by atoms with van der Waals surface area (Å²) in [5.41, 5.74) is 4.51. The number of hydrogen-bond acceptors (Lipinski definition) is 6. The van der Waals surface area contributed by atoms with Crippen LogP contribution in [-0.4, -0.2) is 43.6 Å². The van der Waals surface area contributed by atoms with E-state index in [1.165, 1.54) is 13.8 Å². The monoisotopic (exact) mass is 289 g/mol. The Hall–Kier alpha value is -2.21. The van der Waals surface area contributed by atoms with Crippen molar-refractivity contribution in [3.8, 4) is 0 Å². The van der Waals surface area contributed by atoms with Gasteiger partial charge in [-0.05, 0) is 12.1 Å². The molecule has 6 nitrogen and oxygen atoms in total. The highest BCUT2D eigenvalue weighted by atomic mass is 16.5. The Kier molecular flexibility index (Phi) is 5.05. The van der Waals surface area contributed by atoms with Gasteiger partial charge in [-0.1, -0.05) is 12.1 Å². The predicted octanol–water partition coefficient (Wildman–Crippen LogP) is 1.47. The van der Waals surface area contributed by atoms with Crippen LogP contribution in [0.4, 0.5) is 11.4 Å². The second-order valence-corrected chi connectivity index (χ2v) is 4.80. The third-order valence-electron chi connectivity index (χ3n) is 3.21. The zero-order valence-corrected chi connectivity index (χ0v) is 12.3. The number of morpholine rings is 1. The lowest BCUT2D eigenvalue weighted by molar-refractivity contribution is -0.114. The van der Waals surface area contributed by atoms with Crippen LogP contribution in [0.2, 0.25) is 0 Å². The number of Topliss-reactive ketones (excluding diaryl/α,β-unsaturated/α-hetero) is 2. The van der Waals surface area contributed by atoms with Crippen LogP contribution in [-0.2, 0) is 14.3 Å². The molecule has 6 heteroatoms. The van der Waals surface area contributed by atoms with Gasteiger partial charge in [-0.3, -0.25) is 15.0 Å². The fourth-order valence-corrected chi connectivity index (χ4v) is 2.17. The number of nitrogens with zero attached hydrogens (tertiary/aromatic N) is 2. The standard InChI is InChI=1S/C15H19N3O3/c1-11(19)15(12(2)20)17-16-13-5-3-4-6-14(13)18-7-9-21-10-8-18/h3-6,16H,7-10H2,1-2H3. The lowest BCUT2D eigenvalue weighted by Crippen LogP contribution is -2.36. The van der Waals surface area contributed by atoms with Gasteiger partial charge in [-0.25, -0.2) is 0 Å². The minimum Gasteiger partial charge on any atom is -0.378 e. The lowest BCUT2D eigenvalue weighted by atomic mass is 10.2. The van der Waals surface area contributed by atoms with Gasteiger partial charge in [0.25, 0.3) is 0 Å². The number of hydrogen-bond donors (Lipinski definition) is 1. The number of nitrogens with one attached hydrogen (secondary N) is 1. The summed E-state index contributed by atoms with van der Waals surface area (Å²) in [4.78, 5) is 24.9. The molecule has 0 bridgehead atoms. The molecule has 0 spiro atoms. The molecule has 1 N–H and O–H groups in total. The molecule has 1 aliphatic rings. The summed E-state index contributed by atoms with van der Waals surface area (Å²) in [5.74, 6) is -0.697. The van der Waals surface area contributed by atoms with Crippen LogP contribution in [0.1, 0.15) is 13.8 Å². The van der Waals surface area contributed by atoms with E-state index in [0.717, 1.165) is 24.5 Å². The van der Waals surface area contributed by atoms with Gasteiger partial charge in [0.1, 0.15) is 0 Å². The van der Waals surface area contributed by atoms with Crippen LogP contribution in [0.5, 0.6) is 0 Å². The van der Waals surface area contributed by atoms with E-state index in [0.29, 0.717) is 13.2 Å². The minimum atomic E-state index is -0.348. The molecule has 1 aromatic carbocycles. The molecule has 112 valence electrons. The van der Waals surface area contributed by atoms with Gasteiger partial charge in [0.2, 0.25) is 0 Å². The summed E-state index contributed by atoms with van der Waals surface area (Å²) in [6.07, 6.45) is 0. The molecule has 1 aliphatic heterocycles. The number of rotatable bonds is 5. The maximum absolute atomic E-state index is 11.4. The van der Waals surface area contributed by atoms with Crippen molar-refractivity contribution in [1.82, 2.24) is 0 Å². The second kappa shape index (κ2) is 6.99. The zero-order valence-electron chi connectivity index (χ0n) is 12.3. The van der Waals surface area contributed by atoms with Gasteiger partial charge in [0.15, 0.2) is 17.3 Å². The van der Waals surface area contributed by atoms with Gasteiger partial charge in [0.05, 0.1) is 24.6 Å². The first-order chi connectivity index (χ1) is 10.1. The molecule has 1 saturated heterocycles. The molecule has 1 fully saturated rings. The van der Waals surface area contributed by atoms with Gasteiger partial charge >= 0.3 is 0 Å². The molecule has 0 atom stereocenters. The molecular formula is C15H19N3O3. The van der Waals surface area contributed by atoms with E-state index in [1.54, 1.807) is 0 Å². The van der Waals surface area contributed by atoms with Crippen LogP contribution in [0.15, 0.2) is 29.4 Å². The van der Waals surface area contributed by atoms with E-state index < -0.39 is 0 Å². The van der Waals surface area contributed by atoms with E-state index in [9.17, 15) is 9.59 Å². The Bertz CT molecular complexity index is 547. The van der Waals surface area contributed by atoms with Crippen molar-refractivity contribution in [3.05, 3.63) is 24.3 Å². The molecular weight excluding hydrogens is 270 g/mol. The quantitative estimate of drug-likeness (QED) is 0.505. The first kappa shape index (κ1) is 15.2. The number of para-hydroxylation sites is 2. The fraction of sp³-hybridized carbons (Fsp3) is 0.400. The number of carbonyl (C=O) groups excluding carboxylic acids is 2. The minimum absolute atomic E-state index is 0.0771. The first-order valence-corrected chi connectivity index (χ1v) is 6.87. The number of carbonyl (C=O) groups is 2. The van der Waals surface area contributed by atoms with Crippen molar-refractivity contribution in [2.75, 3.05) is 36.6 Å². The van der Waals surface area contributed by atoms with Gasteiger partial charge in [0, 0.05) is 26.9 Å². The smallest absolute Gasteiger partial charge is 0.183 e. The summed E-state index contributed by atoms with van der Waals surface area (Å²) < 4.78 is 5.34. The average molecular weight is 289 g/mol. The molecule has 0 aromatic heterocycles. The normalized spacial score (nSPS) is 14.5. The molecule has 1 aromatic rings. The van der Waals surface area contributed by atoms with Crippen LogP contribution in [0.3, 0.4) is 0 Å². The number of ketones is 2. The molecule has 1 heterocycles. The number of ether oxygens (including phenoxy) is 1.